The molecule has 3 heteroatoms. The van der Waals surface area contributed by atoms with Crippen LogP contribution in [0.4, 0.5) is 0 Å². The van der Waals surface area contributed by atoms with Gasteiger partial charge in [0, 0.05) is 12.0 Å². The van der Waals surface area contributed by atoms with Gasteiger partial charge >= 0.3 is 0 Å². The number of amides is 1. The molecule has 0 aromatic heterocycles. The maximum atomic E-state index is 13.7. The lowest BCUT2D eigenvalue weighted by atomic mass is 10.00. The Kier molecular flexibility index (Phi) is 3.25. The molecule has 2 atom stereocenters. The molecule has 1 heterocycles. The summed E-state index contributed by atoms with van der Waals surface area (Å²) in [5.41, 5.74) is 2.62. The van der Waals surface area contributed by atoms with Crippen LogP contribution in [0.1, 0.15) is 41.4 Å². The number of hydrogen-bond donors (Lipinski definition) is 0. The molecular formula is C23H21NO2. The molecule has 130 valence electrons. The van der Waals surface area contributed by atoms with E-state index in [1.807, 2.05) is 67.3 Å². The Bertz CT molecular complexity index is 1020. The molecule has 3 aromatic rings. The molecule has 3 nitrogen and oxygen atoms in total. The highest BCUT2D eigenvalue weighted by Crippen LogP contribution is 2.48. The molecule has 1 fully saturated rings. The fourth-order valence-corrected chi connectivity index (χ4v) is 4.62. The summed E-state index contributed by atoms with van der Waals surface area (Å²) in [6, 6.07) is 22.3. The third-order valence-corrected chi connectivity index (χ3v) is 5.68. The molecular weight excluding hydrogens is 322 g/mol. The number of rotatable bonds is 1. The molecule has 0 N–H and O–H groups in total. The van der Waals surface area contributed by atoms with Crippen molar-refractivity contribution in [3.8, 4) is 0 Å². The molecule has 0 radical (unpaired) electrons. The summed E-state index contributed by atoms with van der Waals surface area (Å²) < 4.78 is 6.33. The SMILES string of the molecule is CC1(C)O[C@@H]2Cc3ccccc3[C@@H]2N1C(=O)c1cccc2ccccc12. The Morgan fingerprint density at radius 1 is 1.00 bits per heavy atom. The molecule has 0 saturated carbocycles. The lowest BCUT2D eigenvalue weighted by molar-refractivity contribution is -0.0643. The minimum absolute atomic E-state index is 0.0207. The molecule has 2 aliphatic rings. The highest BCUT2D eigenvalue weighted by Gasteiger charge is 2.53. The zero-order valence-corrected chi connectivity index (χ0v) is 15.0. The van der Waals surface area contributed by atoms with Crippen molar-refractivity contribution >= 4 is 16.7 Å². The highest BCUT2D eigenvalue weighted by molar-refractivity contribution is 6.07. The van der Waals surface area contributed by atoms with E-state index in [1.54, 1.807) is 0 Å². The minimum atomic E-state index is -0.628. The molecule has 5 rings (SSSR count). The van der Waals surface area contributed by atoms with Gasteiger partial charge in [-0.1, -0.05) is 60.7 Å². The van der Waals surface area contributed by atoms with Gasteiger partial charge in [0.2, 0.25) is 0 Å². The number of fused-ring (bicyclic) bond motifs is 4. The van der Waals surface area contributed by atoms with Gasteiger partial charge in [-0.15, -0.1) is 0 Å². The van der Waals surface area contributed by atoms with Gasteiger partial charge in [-0.2, -0.15) is 0 Å². The van der Waals surface area contributed by atoms with Crippen LogP contribution >= 0.6 is 0 Å². The summed E-state index contributed by atoms with van der Waals surface area (Å²) >= 11 is 0. The van der Waals surface area contributed by atoms with Gasteiger partial charge < -0.3 is 9.64 Å². The van der Waals surface area contributed by atoms with Crippen LogP contribution in [0.25, 0.3) is 10.8 Å². The maximum Gasteiger partial charge on any atom is 0.257 e. The van der Waals surface area contributed by atoms with Crippen molar-refractivity contribution in [3.05, 3.63) is 83.4 Å². The van der Waals surface area contributed by atoms with Gasteiger partial charge in [0.05, 0.1) is 12.1 Å². The molecule has 3 aromatic carbocycles. The van der Waals surface area contributed by atoms with Crippen molar-refractivity contribution in [1.29, 1.82) is 0 Å². The summed E-state index contributed by atoms with van der Waals surface area (Å²) in [7, 11) is 0. The lowest BCUT2D eigenvalue weighted by Crippen LogP contribution is -2.44. The van der Waals surface area contributed by atoms with E-state index in [0.29, 0.717) is 0 Å². The molecule has 0 unspecified atom stereocenters. The number of carbonyl (C=O) groups is 1. The molecule has 1 amide bonds. The predicted molar refractivity (Wildman–Crippen MR) is 102 cm³/mol. The van der Waals surface area contributed by atoms with E-state index in [2.05, 4.69) is 18.2 Å². The Balaban J connectivity index is 1.65. The highest BCUT2D eigenvalue weighted by atomic mass is 16.5. The fraction of sp³-hybridized carbons (Fsp3) is 0.261. The smallest absolute Gasteiger partial charge is 0.257 e. The topological polar surface area (TPSA) is 29.5 Å². The van der Waals surface area contributed by atoms with Crippen LogP contribution in [0.3, 0.4) is 0 Å². The van der Waals surface area contributed by atoms with Gasteiger partial charge in [0.1, 0.15) is 5.72 Å². The first kappa shape index (κ1) is 15.6. The molecule has 0 bridgehead atoms. The zero-order valence-electron chi connectivity index (χ0n) is 15.0. The molecule has 26 heavy (non-hydrogen) atoms. The number of benzene rings is 3. The summed E-state index contributed by atoms with van der Waals surface area (Å²) in [5.74, 6) is 0.0380. The fourth-order valence-electron chi connectivity index (χ4n) is 4.62. The summed E-state index contributed by atoms with van der Waals surface area (Å²) in [6.07, 6.45) is 0.894. The normalized spacial score (nSPS) is 23.1. The summed E-state index contributed by atoms with van der Waals surface area (Å²) in [4.78, 5) is 15.6. The first-order valence-corrected chi connectivity index (χ1v) is 9.13. The van der Waals surface area contributed by atoms with E-state index in [1.165, 1.54) is 11.1 Å². The van der Waals surface area contributed by atoms with Crippen LogP contribution in [-0.4, -0.2) is 22.6 Å². The van der Waals surface area contributed by atoms with Crippen LogP contribution in [0, 0.1) is 0 Å². The van der Waals surface area contributed by atoms with Crippen molar-refractivity contribution in [3.63, 3.8) is 0 Å². The summed E-state index contributed by atoms with van der Waals surface area (Å²) in [5, 5.41) is 2.07. The summed E-state index contributed by atoms with van der Waals surface area (Å²) in [6.45, 7) is 3.99. The second kappa shape index (κ2) is 5.42. The van der Waals surface area contributed by atoms with Crippen molar-refractivity contribution < 1.29 is 9.53 Å². The Morgan fingerprint density at radius 3 is 2.62 bits per heavy atom. The van der Waals surface area contributed by atoms with Crippen molar-refractivity contribution in [2.75, 3.05) is 0 Å². The van der Waals surface area contributed by atoms with Crippen LogP contribution in [0.2, 0.25) is 0 Å². The molecule has 1 aliphatic heterocycles. The van der Waals surface area contributed by atoms with E-state index < -0.39 is 5.72 Å². The van der Waals surface area contributed by atoms with Crippen molar-refractivity contribution in [1.82, 2.24) is 4.90 Å². The van der Waals surface area contributed by atoms with E-state index in [0.717, 1.165) is 22.8 Å². The van der Waals surface area contributed by atoms with Crippen LogP contribution in [0.5, 0.6) is 0 Å². The average Bonchev–Trinajstić information content (AvgIpc) is 3.11. The van der Waals surface area contributed by atoms with Crippen LogP contribution in [-0.2, 0) is 11.2 Å². The van der Waals surface area contributed by atoms with Crippen LogP contribution < -0.4 is 0 Å². The standard InChI is InChI=1S/C23H21NO2/c1-23(2)24(21-18-12-6-4-9-16(18)14-20(21)26-23)22(25)19-13-7-10-15-8-3-5-11-17(15)19/h3-13,20-21H,14H2,1-2H3/t20-,21+/m1/s1. The second-order valence-corrected chi connectivity index (χ2v) is 7.65. The van der Waals surface area contributed by atoms with Gasteiger partial charge in [0.25, 0.3) is 5.91 Å². The Labute approximate surface area is 153 Å². The molecule has 0 spiro atoms. The Hall–Kier alpha value is -2.65. The largest absolute Gasteiger partial charge is 0.350 e. The third kappa shape index (κ3) is 2.14. The van der Waals surface area contributed by atoms with E-state index in [9.17, 15) is 4.79 Å². The van der Waals surface area contributed by atoms with Gasteiger partial charge in [-0.3, -0.25) is 4.79 Å². The number of nitrogens with zero attached hydrogens (tertiary/aromatic N) is 1. The van der Waals surface area contributed by atoms with Crippen molar-refractivity contribution in [2.45, 2.75) is 38.1 Å². The van der Waals surface area contributed by atoms with Gasteiger partial charge in [-0.05, 0) is 41.8 Å². The second-order valence-electron chi connectivity index (χ2n) is 7.65. The van der Waals surface area contributed by atoms with Gasteiger partial charge in [0.15, 0.2) is 0 Å². The Morgan fingerprint density at radius 2 is 1.73 bits per heavy atom. The zero-order chi connectivity index (χ0) is 17.9. The molecule has 1 saturated heterocycles. The number of carbonyl (C=O) groups excluding carboxylic acids is 1. The molecule has 1 aliphatic carbocycles. The minimum Gasteiger partial charge on any atom is -0.350 e. The van der Waals surface area contributed by atoms with E-state index in [-0.39, 0.29) is 18.1 Å². The van der Waals surface area contributed by atoms with Crippen LogP contribution in [0.15, 0.2) is 66.7 Å². The quantitative estimate of drug-likeness (QED) is 0.640. The first-order chi connectivity index (χ1) is 12.6. The van der Waals surface area contributed by atoms with Crippen molar-refractivity contribution in [2.24, 2.45) is 0 Å². The first-order valence-electron chi connectivity index (χ1n) is 9.13. The lowest BCUT2D eigenvalue weighted by Gasteiger charge is -2.34. The van der Waals surface area contributed by atoms with Gasteiger partial charge in [-0.25, -0.2) is 0 Å². The number of ether oxygens (including phenoxy) is 1. The average molecular weight is 343 g/mol. The van der Waals surface area contributed by atoms with E-state index in [4.69, 9.17) is 4.74 Å². The maximum absolute atomic E-state index is 13.7. The third-order valence-electron chi connectivity index (χ3n) is 5.68. The van der Waals surface area contributed by atoms with E-state index >= 15 is 0 Å². The monoisotopic (exact) mass is 343 g/mol. The number of hydrogen-bond acceptors (Lipinski definition) is 2. The predicted octanol–water partition coefficient (Wildman–Crippen LogP) is 4.71.